The third kappa shape index (κ3) is 1.81. The van der Waals surface area contributed by atoms with E-state index in [1.807, 2.05) is 32.2 Å². The summed E-state index contributed by atoms with van der Waals surface area (Å²) in [7, 11) is 1.85. The summed E-state index contributed by atoms with van der Waals surface area (Å²) in [4.78, 5) is 0. The average molecular weight is 267 g/mol. The van der Waals surface area contributed by atoms with Crippen LogP contribution in [0, 0.1) is 13.8 Å². The maximum absolute atomic E-state index is 6.22. The number of aryl methyl sites for hydroxylation is 3. The molecule has 0 saturated heterocycles. The second kappa shape index (κ2) is 4.56. The van der Waals surface area contributed by atoms with Crippen LogP contribution in [0.4, 0.5) is 5.82 Å². The third-order valence-corrected chi connectivity index (χ3v) is 3.58. The number of nitrogens with two attached hydrogens (primary N) is 1. The van der Waals surface area contributed by atoms with Gasteiger partial charge in [-0.15, -0.1) is 0 Å². The molecule has 1 aromatic carbocycles. The zero-order valence-electron chi connectivity index (χ0n) is 11.8. The van der Waals surface area contributed by atoms with Crippen LogP contribution in [0.15, 0.2) is 41.0 Å². The van der Waals surface area contributed by atoms with E-state index in [9.17, 15) is 0 Å². The Hall–Kier alpha value is -2.49. The van der Waals surface area contributed by atoms with Gasteiger partial charge in [0.2, 0.25) is 0 Å². The lowest BCUT2D eigenvalue weighted by molar-refractivity contribution is 0.576. The number of rotatable bonds is 2. The predicted molar refractivity (Wildman–Crippen MR) is 80.2 cm³/mol. The minimum absolute atomic E-state index is 0.644. The lowest BCUT2D eigenvalue weighted by Gasteiger charge is -2.07. The summed E-state index contributed by atoms with van der Waals surface area (Å²) in [6.07, 6.45) is 1.68. The molecule has 2 N–H and O–H groups in total. The van der Waals surface area contributed by atoms with Gasteiger partial charge in [0.25, 0.3) is 0 Å². The van der Waals surface area contributed by atoms with Gasteiger partial charge in [0.15, 0.2) is 5.76 Å². The summed E-state index contributed by atoms with van der Waals surface area (Å²) in [5.41, 5.74) is 11.3. The summed E-state index contributed by atoms with van der Waals surface area (Å²) in [5.74, 6) is 1.42. The van der Waals surface area contributed by atoms with E-state index >= 15 is 0 Å². The summed E-state index contributed by atoms with van der Waals surface area (Å²) in [6, 6.07) is 10.1. The second-order valence-electron chi connectivity index (χ2n) is 4.98. The van der Waals surface area contributed by atoms with Crippen LogP contribution in [-0.4, -0.2) is 9.78 Å². The molecule has 0 bridgehead atoms. The minimum Gasteiger partial charge on any atom is -0.462 e. The van der Waals surface area contributed by atoms with Crippen LogP contribution in [0.2, 0.25) is 0 Å². The molecule has 0 fully saturated rings. The first kappa shape index (κ1) is 12.5. The Morgan fingerprint density at radius 2 is 1.85 bits per heavy atom. The summed E-state index contributed by atoms with van der Waals surface area (Å²) in [5, 5.41) is 4.53. The average Bonchev–Trinajstić information content (AvgIpc) is 2.96. The predicted octanol–water partition coefficient (Wildman–Crippen LogP) is 3.55. The Balaban J connectivity index is 2.31. The zero-order valence-corrected chi connectivity index (χ0v) is 11.8. The van der Waals surface area contributed by atoms with Crippen molar-refractivity contribution in [2.24, 2.45) is 7.05 Å². The molecule has 3 aromatic rings. The quantitative estimate of drug-likeness (QED) is 0.772. The first-order chi connectivity index (χ1) is 9.59. The number of nitrogen functional groups attached to an aromatic ring is 1. The molecule has 0 aliphatic heterocycles. The number of furan rings is 1. The van der Waals surface area contributed by atoms with Gasteiger partial charge < -0.3 is 10.2 Å². The van der Waals surface area contributed by atoms with Crippen molar-refractivity contribution in [2.75, 3.05) is 5.73 Å². The Morgan fingerprint density at radius 3 is 2.50 bits per heavy atom. The molecule has 3 rings (SSSR count). The van der Waals surface area contributed by atoms with Crippen LogP contribution >= 0.6 is 0 Å². The van der Waals surface area contributed by atoms with E-state index < -0.39 is 0 Å². The van der Waals surface area contributed by atoms with E-state index in [1.165, 1.54) is 0 Å². The van der Waals surface area contributed by atoms with Crippen molar-refractivity contribution in [1.29, 1.82) is 0 Å². The topological polar surface area (TPSA) is 57.0 Å². The highest BCUT2D eigenvalue weighted by Gasteiger charge is 2.21. The molecule has 0 saturated carbocycles. The van der Waals surface area contributed by atoms with Gasteiger partial charge in [0, 0.05) is 7.05 Å². The normalized spacial score (nSPS) is 10.9. The molecule has 0 radical (unpaired) electrons. The molecule has 2 aromatic heterocycles. The molecule has 102 valence electrons. The number of nitrogens with zero attached hydrogens (tertiary/aromatic N) is 2. The SMILES string of the molecule is Cc1ccccc1-c1c(-c2occc2C)nn(C)c1N. The number of hydrogen-bond donors (Lipinski definition) is 1. The van der Waals surface area contributed by atoms with Crippen molar-refractivity contribution in [2.45, 2.75) is 13.8 Å². The molecule has 0 amide bonds. The van der Waals surface area contributed by atoms with Gasteiger partial charge in [0.05, 0.1) is 11.8 Å². The molecule has 0 unspecified atom stereocenters. The summed E-state index contributed by atoms with van der Waals surface area (Å²) >= 11 is 0. The Kier molecular flexibility index (Phi) is 2.86. The fraction of sp³-hybridized carbons (Fsp3) is 0.188. The molecule has 4 nitrogen and oxygen atoms in total. The van der Waals surface area contributed by atoms with E-state index in [1.54, 1.807) is 10.9 Å². The van der Waals surface area contributed by atoms with Crippen molar-refractivity contribution >= 4 is 5.82 Å². The largest absolute Gasteiger partial charge is 0.462 e. The molecular formula is C16H17N3O. The zero-order chi connectivity index (χ0) is 14.3. The van der Waals surface area contributed by atoms with Gasteiger partial charge in [-0.2, -0.15) is 5.10 Å². The first-order valence-electron chi connectivity index (χ1n) is 6.52. The van der Waals surface area contributed by atoms with Gasteiger partial charge in [-0.1, -0.05) is 24.3 Å². The van der Waals surface area contributed by atoms with Gasteiger partial charge >= 0.3 is 0 Å². The monoisotopic (exact) mass is 267 g/mol. The third-order valence-electron chi connectivity index (χ3n) is 3.58. The molecule has 0 aliphatic carbocycles. The number of benzene rings is 1. The summed E-state index contributed by atoms with van der Waals surface area (Å²) < 4.78 is 7.28. The Bertz CT molecular complexity index is 768. The Morgan fingerprint density at radius 1 is 1.10 bits per heavy atom. The standard InChI is InChI=1S/C16H17N3O/c1-10-6-4-5-7-12(10)13-14(18-19(3)16(13)17)15-11(2)8-9-20-15/h4-9H,17H2,1-3H3. The van der Waals surface area contributed by atoms with E-state index in [0.29, 0.717) is 5.82 Å². The Labute approximate surface area is 117 Å². The van der Waals surface area contributed by atoms with E-state index in [2.05, 4.69) is 24.2 Å². The fourth-order valence-corrected chi connectivity index (χ4v) is 2.43. The number of hydrogen-bond acceptors (Lipinski definition) is 3. The molecule has 4 heteroatoms. The van der Waals surface area contributed by atoms with E-state index in [0.717, 1.165) is 33.7 Å². The smallest absolute Gasteiger partial charge is 0.157 e. The van der Waals surface area contributed by atoms with E-state index in [-0.39, 0.29) is 0 Å². The van der Waals surface area contributed by atoms with Crippen LogP contribution in [0.25, 0.3) is 22.6 Å². The lowest BCUT2D eigenvalue weighted by Crippen LogP contribution is -1.98. The number of anilines is 1. The highest BCUT2D eigenvalue weighted by atomic mass is 16.3. The van der Waals surface area contributed by atoms with Crippen LogP contribution in [-0.2, 0) is 7.05 Å². The van der Waals surface area contributed by atoms with Gasteiger partial charge in [-0.3, -0.25) is 4.68 Å². The van der Waals surface area contributed by atoms with Gasteiger partial charge in [-0.05, 0) is 36.6 Å². The molecule has 0 aliphatic rings. The van der Waals surface area contributed by atoms with Gasteiger partial charge in [0.1, 0.15) is 11.5 Å². The summed E-state index contributed by atoms with van der Waals surface area (Å²) in [6.45, 7) is 4.08. The van der Waals surface area contributed by atoms with E-state index in [4.69, 9.17) is 10.2 Å². The molecular weight excluding hydrogens is 250 g/mol. The number of aromatic nitrogens is 2. The van der Waals surface area contributed by atoms with Crippen LogP contribution in [0.3, 0.4) is 0 Å². The molecule has 20 heavy (non-hydrogen) atoms. The van der Waals surface area contributed by atoms with Crippen molar-refractivity contribution < 1.29 is 4.42 Å². The molecule has 2 heterocycles. The maximum atomic E-state index is 6.22. The van der Waals surface area contributed by atoms with Crippen molar-refractivity contribution in [3.05, 3.63) is 47.7 Å². The highest BCUT2D eigenvalue weighted by molar-refractivity contribution is 5.88. The van der Waals surface area contributed by atoms with Crippen molar-refractivity contribution in [3.8, 4) is 22.6 Å². The molecule has 0 spiro atoms. The first-order valence-corrected chi connectivity index (χ1v) is 6.52. The second-order valence-corrected chi connectivity index (χ2v) is 4.98. The minimum atomic E-state index is 0.644. The van der Waals surface area contributed by atoms with Crippen LogP contribution < -0.4 is 5.73 Å². The van der Waals surface area contributed by atoms with Gasteiger partial charge in [-0.25, -0.2) is 0 Å². The lowest BCUT2D eigenvalue weighted by atomic mass is 9.98. The molecule has 0 atom stereocenters. The fourth-order valence-electron chi connectivity index (χ4n) is 2.43. The van der Waals surface area contributed by atoms with Crippen LogP contribution in [0.1, 0.15) is 11.1 Å². The highest BCUT2D eigenvalue weighted by Crippen LogP contribution is 2.38. The maximum Gasteiger partial charge on any atom is 0.157 e. The van der Waals surface area contributed by atoms with Crippen LogP contribution in [0.5, 0.6) is 0 Å². The van der Waals surface area contributed by atoms with Crippen molar-refractivity contribution in [1.82, 2.24) is 9.78 Å². The van der Waals surface area contributed by atoms with Crippen molar-refractivity contribution in [3.63, 3.8) is 0 Å².